The number of ether oxygens (including phenoxy) is 1. The van der Waals surface area contributed by atoms with Gasteiger partial charge in [0, 0.05) is 12.2 Å². The monoisotopic (exact) mass is 382 g/mol. The van der Waals surface area contributed by atoms with E-state index in [1.807, 2.05) is 24.3 Å². The topological polar surface area (TPSA) is 84.5 Å². The maximum atomic E-state index is 12.3. The minimum Gasteiger partial charge on any atom is -0.497 e. The highest BCUT2D eigenvalue weighted by molar-refractivity contribution is 7.92. The number of amides is 1. The maximum absolute atomic E-state index is 12.3. The van der Waals surface area contributed by atoms with Crippen molar-refractivity contribution in [3.63, 3.8) is 0 Å². The highest BCUT2D eigenvalue weighted by Crippen LogP contribution is 2.21. The van der Waals surface area contributed by atoms with Gasteiger partial charge in [-0.25, -0.2) is 8.42 Å². The van der Waals surface area contributed by atoms with E-state index in [0.29, 0.717) is 13.0 Å². The van der Waals surface area contributed by atoms with Gasteiger partial charge in [0.05, 0.1) is 24.0 Å². The number of halogens is 1. The van der Waals surface area contributed by atoms with E-state index in [-0.39, 0.29) is 22.2 Å². The molecule has 0 bridgehead atoms. The van der Waals surface area contributed by atoms with Crippen molar-refractivity contribution >= 4 is 33.2 Å². The molecule has 2 aromatic rings. The first-order valence-electron chi connectivity index (χ1n) is 7.47. The van der Waals surface area contributed by atoms with Crippen molar-refractivity contribution in [2.45, 2.75) is 6.42 Å². The Morgan fingerprint density at radius 1 is 1.16 bits per heavy atom. The average molecular weight is 383 g/mol. The molecule has 0 unspecified atom stereocenters. The molecule has 0 spiro atoms. The van der Waals surface area contributed by atoms with E-state index in [1.54, 1.807) is 7.11 Å². The molecule has 2 rings (SSSR count). The molecular formula is C17H19ClN2O4S. The first-order chi connectivity index (χ1) is 11.8. The van der Waals surface area contributed by atoms with E-state index in [9.17, 15) is 13.2 Å². The number of nitrogens with one attached hydrogen (secondary N) is 2. The lowest BCUT2D eigenvalue weighted by molar-refractivity contribution is 0.0954. The highest BCUT2D eigenvalue weighted by atomic mass is 35.5. The second-order valence-corrected chi connectivity index (χ2v) is 7.58. The zero-order chi connectivity index (χ0) is 18.4. The first kappa shape index (κ1) is 19.1. The molecule has 25 heavy (non-hydrogen) atoms. The molecule has 0 heterocycles. The van der Waals surface area contributed by atoms with Gasteiger partial charge in [0.25, 0.3) is 5.91 Å². The smallest absolute Gasteiger partial charge is 0.252 e. The van der Waals surface area contributed by atoms with Gasteiger partial charge in [0.1, 0.15) is 5.75 Å². The van der Waals surface area contributed by atoms with E-state index in [2.05, 4.69) is 10.0 Å². The van der Waals surface area contributed by atoms with Crippen LogP contribution in [0, 0.1) is 0 Å². The summed E-state index contributed by atoms with van der Waals surface area (Å²) in [6.45, 7) is 0.422. The number of hydrogen-bond acceptors (Lipinski definition) is 4. The van der Waals surface area contributed by atoms with Crippen molar-refractivity contribution in [1.82, 2.24) is 5.32 Å². The van der Waals surface area contributed by atoms with E-state index in [0.717, 1.165) is 17.6 Å². The van der Waals surface area contributed by atoms with Crippen molar-refractivity contribution in [1.29, 1.82) is 0 Å². The third-order valence-electron chi connectivity index (χ3n) is 3.37. The van der Waals surface area contributed by atoms with Gasteiger partial charge >= 0.3 is 0 Å². The van der Waals surface area contributed by atoms with E-state index in [4.69, 9.17) is 16.3 Å². The van der Waals surface area contributed by atoms with Crippen molar-refractivity contribution in [2.24, 2.45) is 0 Å². The number of hydrogen-bond donors (Lipinski definition) is 2. The van der Waals surface area contributed by atoms with Crippen LogP contribution in [0.4, 0.5) is 5.69 Å². The fourth-order valence-corrected chi connectivity index (χ4v) is 2.94. The number of benzene rings is 2. The summed E-state index contributed by atoms with van der Waals surface area (Å²) in [5, 5.41) is 3.03. The Bertz CT molecular complexity index is 851. The number of sulfonamides is 1. The summed E-state index contributed by atoms with van der Waals surface area (Å²) in [5.41, 5.74) is 1.55. The molecule has 8 heteroatoms. The Kier molecular flexibility index (Phi) is 6.27. The third kappa shape index (κ3) is 5.95. The van der Waals surface area contributed by atoms with Crippen LogP contribution in [0.1, 0.15) is 15.9 Å². The Morgan fingerprint density at radius 2 is 1.84 bits per heavy atom. The van der Waals surface area contributed by atoms with Crippen LogP contribution < -0.4 is 14.8 Å². The van der Waals surface area contributed by atoms with Crippen molar-refractivity contribution in [2.75, 3.05) is 24.6 Å². The van der Waals surface area contributed by atoms with Crippen molar-refractivity contribution in [3.8, 4) is 5.75 Å². The predicted octanol–water partition coefficient (Wildman–Crippen LogP) is 2.69. The van der Waals surface area contributed by atoms with Crippen LogP contribution in [0.2, 0.25) is 5.02 Å². The van der Waals surface area contributed by atoms with Gasteiger partial charge in [-0.1, -0.05) is 23.7 Å². The lowest BCUT2D eigenvalue weighted by Crippen LogP contribution is -2.26. The number of rotatable bonds is 7. The minimum absolute atomic E-state index is 0.213. The van der Waals surface area contributed by atoms with E-state index in [1.165, 1.54) is 18.2 Å². The summed E-state index contributed by atoms with van der Waals surface area (Å²) in [4.78, 5) is 12.3. The van der Waals surface area contributed by atoms with Crippen LogP contribution in [0.25, 0.3) is 0 Å². The molecule has 134 valence electrons. The summed E-state index contributed by atoms with van der Waals surface area (Å²) >= 11 is 6.04. The second kappa shape index (κ2) is 8.22. The minimum atomic E-state index is -3.43. The molecule has 2 N–H and O–H groups in total. The Labute approximate surface area is 152 Å². The maximum Gasteiger partial charge on any atom is 0.252 e. The van der Waals surface area contributed by atoms with Gasteiger partial charge in [-0.2, -0.15) is 0 Å². The highest BCUT2D eigenvalue weighted by Gasteiger charge is 2.12. The predicted molar refractivity (Wildman–Crippen MR) is 98.9 cm³/mol. The molecule has 0 saturated carbocycles. The molecule has 1 amide bonds. The normalized spacial score (nSPS) is 11.0. The van der Waals surface area contributed by atoms with Gasteiger partial charge in [-0.15, -0.1) is 0 Å². The molecule has 0 fully saturated rings. The van der Waals surface area contributed by atoms with Gasteiger partial charge in [-0.3, -0.25) is 9.52 Å². The second-order valence-electron chi connectivity index (χ2n) is 5.42. The summed E-state index contributed by atoms with van der Waals surface area (Å²) in [5.74, 6) is 0.408. The van der Waals surface area contributed by atoms with Crippen LogP contribution in [0.15, 0.2) is 42.5 Å². The summed E-state index contributed by atoms with van der Waals surface area (Å²) in [6, 6.07) is 11.9. The number of carbonyl (C=O) groups excluding carboxylic acids is 1. The number of methoxy groups -OCH3 is 1. The molecule has 0 saturated heterocycles. The standard InChI is InChI=1S/C17H19ClN2O4S/c1-24-14-6-3-12(4-7-14)9-10-19-17(21)15-11-13(5-8-16(15)18)20-25(2,22)23/h3-8,11,20H,9-10H2,1-2H3,(H,19,21). The Balaban J connectivity index is 1.98. The Morgan fingerprint density at radius 3 is 2.44 bits per heavy atom. The van der Waals surface area contributed by atoms with Gasteiger partial charge in [-0.05, 0) is 42.3 Å². The fourth-order valence-electron chi connectivity index (χ4n) is 2.18. The van der Waals surface area contributed by atoms with Crippen molar-refractivity contribution in [3.05, 3.63) is 58.6 Å². The van der Waals surface area contributed by atoms with Crippen LogP contribution in [-0.2, 0) is 16.4 Å². The summed E-state index contributed by atoms with van der Waals surface area (Å²) in [6.07, 6.45) is 1.69. The third-order valence-corrected chi connectivity index (χ3v) is 4.31. The van der Waals surface area contributed by atoms with Crippen LogP contribution >= 0.6 is 11.6 Å². The molecule has 0 aliphatic rings. The summed E-state index contributed by atoms with van der Waals surface area (Å²) in [7, 11) is -1.82. The average Bonchev–Trinajstić information content (AvgIpc) is 2.56. The molecule has 0 atom stereocenters. The largest absolute Gasteiger partial charge is 0.497 e. The fraction of sp³-hybridized carbons (Fsp3) is 0.235. The van der Waals surface area contributed by atoms with Crippen molar-refractivity contribution < 1.29 is 17.9 Å². The molecule has 0 aromatic heterocycles. The van der Waals surface area contributed by atoms with Gasteiger partial charge in [0.2, 0.25) is 10.0 Å². The van der Waals surface area contributed by atoms with Crippen LogP contribution in [-0.4, -0.2) is 34.2 Å². The molecule has 0 radical (unpaired) electrons. The van der Waals surface area contributed by atoms with Crippen LogP contribution in [0.5, 0.6) is 5.75 Å². The molecule has 0 aliphatic carbocycles. The molecule has 0 aliphatic heterocycles. The number of anilines is 1. The first-order valence-corrected chi connectivity index (χ1v) is 9.74. The zero-order valence-corrected chi connectivity index (χ0v) is 15.4. The van der Waals surface area contributed by atoms with Gasteiger partial charge < -0.3 is 10.1 Å². The molecule has 6 nitrogen and oxygen atoms in total. The summed E-state index contributed by atoms with van der Waals surface area (Å²) < 4.78 is 30.0. The van der Waals surface area contributed by atoms with Gasteiger partial charge in [0.15, 0.2) is 0 Å². The quantitative estimate of drug-likeness (QED) is 0.771. The van der Waals surface area contributed by atoms with Crippen LogP contribution in [0.3, 0.4) is 0 Å². The Hall–Kier alpha value is -2.25. The zero-order valence-electron chi connectivity index (χ0n) is 13.9. The van der Waals surface area contributed by atoms with E-state index < -0.39 is 10.0 Å². The lowest BCUT2D eigenvalue weighted by atomic mass is 10.1. The molecular weight excluding hydrogens is 364 g/mol. The number of carbonyl (C=O) groups is 1. The van der Waals surface area contributed by atoms with E-state index >= 15 is 0 Å². The SMILES string of the molecule is COc1ccc(CCNC(=O)c2cc(NS(C)(=O)=O)ccc2Cl)cc1. The molecule has 2 aromatic carbocycles. The lowest BCUT2D eigenvalue weighted by Gasteiger charge is -2.10.